The average Bonchev–Trinajstić information content (AvgIpc) is 2.49. The number of carbonyl (C=O) groups excluding carboxylic acids is 1. The topological polar surface area (TPSA) is 51.2 Å². The first-order valence-electron chi connectivity index (χ1n) is 6.77. The molecule has 1 aromatic heterocycles. The zero-order valence-electron chi connectivity index (χ0n) is 11.8. The second-order valence-electron chi connectivity index (χ2n) is 4.45. The van der Waals surface area contributed by atoms with E-state index in [1.165, 1.54) is 6.07 Å². The molecule has 2 rings (SSSR count). The molecule has 0 saturated carbocycles. The van der Waals surface area contributed by atoms with Gasteiger partial charge in [-0.15, -0.1) is 0 Å². The zero-order chi connectivity index (χ0) is 15.1. The Kier molecular flexibility index (Phi) is 5.26. The zero-order valence-corrected chi connectivity index (χ0v) is 11.8. The summed E-state index contributed by atoms with van der Waals surface area (Å²) in [4.78, 5) is 16.0. The minimum Gasteiger partial charge on any atom is -0.478 e. The van der Waals surface area contributed by atoms with Crippen LogP contribution < -0.4 is 10.1 Å². The van der Waals surface area contributed by atoms with E-state index in [0.717, 1.165) is 5.56 Å². The number of halogens is 1. The third kappa shape index (κ3) is 4.27. The molecular weight excluding hydrogens is 271 g/mol. The van der Waals surface area contributed by atoms with Gasteiger partial charge in [0, 0.05) is 18.3 Å². The van der Waals surface area contributed by atoms with Crippen molar-refractivity contribution in [3.8, 4) is 5.88 Å². The molecule has 1 N–H and O–H groups in total. The minimum atomic E-state index is -0.371. The maximum Gasteiger partial charge on any atom is 0.224 e. The van der Waals surface area contributed by atoms with Crippen LogP contribution in [-0.4, -0.2) is 17.5 Å². The van der Waals surface area contributed by atoms with Crippen LogP contribution >= 0.6 is 0 Å². The SMILES string of the molecule is CCOc1ncccc1CNC(=O)Cc1ccccc1F. The fraction of sp³-hybridized carbons (Fsp3) is 0.250. The molecule has 21 heavy (non-hydrogen) atoms. The molecule has 0 aliphatic rings. The molecule has 0 aliphatic heterocycles. The third-order valence-electron chi connectivity index (χ3n) is 2.92. The number of hydrogen-bond donors (Lipinski definition) is 1. The van der Waals surface area contributed by atoms with Gasteiger partial charge in [0.1, 0.15) is 5.82 Å². The van der Waals surface area contributed by atoms with E-state index in [1.807, 2.05) is 13.0 Å². The van der Waals surface area contributed by atoms with Crippen LogP contribution in [0.1, 0.15) is 18.1 Å². The highest BCUT2D eigenvalue weighted by molar-refractivity contribution is 5.78. The van der Waals surface area contributed by atoms with E-state index in [2.05, 4.69) is 10.3 Å². The summed E-state index contributed by atoms with van der Waals surface area (Å²) in [5, 5.41) is 2.75. The number of ether oxygens (including phenoxy) is 1. The van der Waals surface area contributed by atoms with Crippen LogP contribution in [-0.2, 0) is 17.8 Å². The lowest BCUT2D eigenvalue weighted by Gasteiger charge is -2.10. The van der Waals surface area contributed by atoms with E-state index < -0.39 is 0 Å². The second kappa shape index (κ2) is 7.38. The predicted octanol–water partition coefficient (Wildman–Crippen LogP) is 2.48. The molecule has 110 valence electrons. The Morgan fingerprint density at radius 2 is 2.00 bits per heavy atom. The van der Waals surface area contributed by atoms with Crippen LogP contribution in [0, 0.1) is 5.82 Å². The molecule has 2 aromatic rings. The molecule has 1 aromatic carbocycles. The number of amides is 1. The minimum absolute atomic E-state index is 0.0108. The van der Waals surface area contributed by atoms with Gasteiger partial charge in [0.15, 0.2) is 0 Å². The van der Waals surface area contributed by atoms with Crippen LogP contribution in [0.25, 0.3) is 0 Å². The molecule has 0 atom stereocenters. The Morgan fingerprint density at radius 1 is 1.24 bits per heavy atom. The summed E-state index contributed by atoms with van der Waals surface area (Å²) in [6, 6.07) is 9.87. The molecule has 0 spiro atoms. The van der Waals surface area contributed by atoms with Crippen LogP contribution in [0.5, 0.6) is 5.88 Å². The molecular formula is C16H17FN2O2. The number of carbonyl (C=O) groups is 1. The van der Waals surface area contributed by atoms with Gasteiger partial charge in [-0.3, -0.25) is 4.79 Å². The predicted molar refractivity (Wildman–Crippen MR) is 77.4 cm³/mol. The van der Waals surface area contributed by atoms with Crippen LogP contribution in [0.15, 0.2) is 42.6 Å². The molecule has 0 saturated heterocycles. The van der Waals surface area contributed by atoms with E-state index in [0.29, 0.717) is 24.6 Å². The van der Waals surface area contributed by atoms with Gasteiger partial charge in [-0.05, 0) is 24.6 Å². The van der Waals surface area contributed by atoms with Crippen molar-refractivity contribution in [2.24, 2.45) is 0 Å². The lowest BCUT2D eigenvalue weighted by atomic mass is 10.1. The van der Waals surface area contributed by atoms with Gasteiger partial charge in [0.2, 0.25) is 11.8 Å². The van der Waals surface area contributed by atoms with Crippen molar-refractivity contribution >= 4 is 5.91 Å². The molecule has 0 bridgehead atoms. The molecule has 0 aliphatic carbocycles. The number of nitrogens with one attached hydrogen (secondary N) is 1. The van der Waals surface area contributed by atoms with E-state index in [9.17, 15) is 9.18 Å². The van der Waals surface area contributed by atoms with Gasteiger partial charge in [0.05, 0.1) is 13.0 Å². The van der Waals surface area contributed by atoms with E-state index >= 15 is 0 Å². The van der Waals surface area contributed by atoms with Gasteiger partial charge < -0.3 is 10.1 Å². The number of rotatable bonds is 6. The number of benzene rings is 1. The summed E-state index contributed by atoms with van der Waals surface area (Å²) >= 11 is 0. The summed E-state index contributed by atoms with van der Waals surface area (Å²) in [5.41, 5.74) is 1.17. The van der Waals surface area contributed by atoms with Gasteiger partial charge in [-0.2, -0.15) is 0 Å². The van der Waals surface area contributed by atoms with Crippen molar-refractivity contribution in [1.29, 1.82) is 0 Å². The van der Waals surface area contributed by atoms with Crippen molar-refractivity contribution in [1.82, 2.24) is 10.3 Å². The van der Waals surface area contributed by atoms with Gasteiger partial charge >= 0.3 is 0 Å². The summed E-state index contributed by atoms with van der Waals surface area (Å²) in [7, 11) is 0. The number of pyridine rings is 1. The number of aromatic nitrogens is 1. The van der Waals surface area contributed by atoms with Crippen molar-refractivity contribution in [3.05, 3.63) is 59.5 Å². The standard InChI is InChI=1S/C16H17FN2O2/c1-2-21-16-13(7-5-9-18-16)11-19-15(20)10-12-6-3-4-8-14(12)17/h3-9H,2,10-11H2,1H3,(H,19,20). The monoisotopic (exact) mass is 288 g/mol. The maximum atomic E-state index is 13.5. The third-order valence-corrected chi connectivity index (χ3v) is 2.92. The Hall–Kier alpha value is -2.43. The number of hydrogen-bond acceptors (Lipinski definition) is 3. The van der Waals surface area contributed by atoms with Gasteiger partial charge in [0.25, 0.3) is 0 Å². The Balaban J connectivity index is 1.94. The molecule has 0 radical (unpaired) electrons. The van der Waals surface area contributed by atoms with E-state index in [1.54, 1.807) is 30.5 Å². The smallest absolute Gasteiger partial charge is 0.224 e. The lowest BCUT2D eigenvalue weighted by molar-refractivity contribution is -0.120. The van der Waals surface area contributed by atoms with Gasteiger partial charge in [-0.25, -0.2) is 9.37 Å². The molecule has 4 nitrogen and oxygen atoms in total. The number of nitrogens with zero attached hydrogens (tertiary/aromatic N) is 1. The maximum absolute atomic E-state index is 13.5. The van der Waals surface area contributed by atoms with Crippen LogP contribution in [0.3, 0.4) is 0 Å². The van der Waals surface area contributed by atoms with Crippen molar-refractivity contribution in [3.63, 3.8) is 0 Å². The Labute approximate surface area is 123 Å². The summed E-state index contributed by atoms with van der Waals surface area (Å²) < 4.78 is 18.9. The van der Waals surface area contributed by atoms with Crippen molar-refractivity contribution < 1.29 is 13.9 Å². The first-order valence-corrected chi connectivity index (χ1v) is 6.77. The average molecular weight is 288 g/mol. The van der Waals surface area contributed by atoms with Crippen LogP contribution in [0.2, 0.25) is 0 Å². The molecule has 5 heteroatoms. The highest BCUT2D eigenvalue weighted by Gasteiger charge is 2.09. The summed E-state index contributed by atoms with van der Waals surface area (Å²) in [5.74, 6) is -0.110. The first-order chi connectivity index (χ1) is 10.2. The summed E-state index contributed by atoms with van der Waals surface area (Å²) in [6.45, 7) is 2.68. The van der Waals surface area contributed by atoms with Crippen molar-refractivity contribution in [2.45, 2.75) is 19.9 Å². The fourth-order valence-electron chi connectivity index (χ4n) is 1.90. The fourth-order valence-corrected chi connectivity index (χ4v) is 1.90. The van der Waals surface area contributed by atoms with E-state index in [4.69, 9.17) is 4.74 Å². The van der Waals surface area contributed by atoms with Crippen molar-refractivity contribution in [2.75, 3.05) is 6.61 Å². The van der Waals surface area contributed by atoms with Crippen LogP contribution in [0.4, 0.5) is 4.39 Å². The normalized spacial score (nSPS) is 10.2. The highest BCUT2D eigenvalue weighted by atomic mass is 19.1. The Bertz CT molecular complexity index is 617. The first kappa shape index (κ1) is 15.0. The molecule has 1 heterocycles. The Morgan fingerprint density at radius 3 is 2.76 bits per heavy atom. The van der Waals surface area contributed by atoms with Gasteiger partial charge in [-0.1, -0.05) is 24.3 Å². The molecule has 0 unspecified atom stereocenters. The molecule has 1 amide bonds. The van der Waals surface area contributed by atoms with E-state index in [-0.39, 0.29) is 18.1 Å². The second-order valence-corrected chi connectivity index (χ2v) is 4.45. The largest absolute Gasteiger partial charge is 0.478 e. The molecule has 0 fully saturated rings. The quantitative estimate of drug-likeness (QED) is 0.888. The lowest BCUT2D eigenvalue weighted by Crippen LogP contribution is -2.25. The summed E-state index contributed by atoms with van der Waals surface area (Å²) in [6.07, 6.45) is 1.65. The highest BCUT2D eigenvalue weighted by Crippen LogP contribution is 2.14.